The largest absolute Gasteiger partial charge is 0.380 e. The molecule has 0 amide bonds. The number of hydrogen-bond acceptors (Lipinski definition) is 2. The monoisotopic (exact) mass is 236 g/mol. The molecule has 0 saturated heterocycles. The zero-order chi connectivity index (χ0) is 11.6. The fourth-order valence-corrected chi connectivity index (χ4v) is 2.70. The first-order valence-electron chi connectivity index (χ1n) is 5.19. The van der Waals surface area contributed by atoms with Crippen LogP contribution in [0.4, 0.5) is 4.39 Å². The van der Waals surface area contributed by atoms with Gasteiger partial charge in [-0.3, -0.25) is 0 Å². The highest BCUT2D eigenvalue weighted by atomic mass is 32.1. The van der Waals surface area contributed by atoms with Crippen molar-refractivity contribution in [2.45, 2.75) is 18.9 Å². The summed E-state index contributed by atoms with van der Waals surface area (Å²) in [5, 5.41) is 12.5. The van der Waals surface area contributed by atoms with Crippen LogP contribution in [0.1, 0.15) is 23.8 Å². The minimum atomic E-state index is -1.07. The molecule has 1 nitrogen and oxygen atoms in total. The van der Waals surface area contributed by atoms with E-state index >= 15 is 0 Å². The Labute approximate surface area is 98.2 Å². The molecule has 0 bridgehead atoms. The van der Waals surface area contributed by atoms with Crippen LogP contribution in [0.25, 0.3) is 0 Å². The van der Waals surface area contributed by atoms with E-state index in [-0.39, 0.29) is 5.82 Å². The number of hydrogen-bond donors (Lipinski definition) is 1. The van der Waals surface area contributed by atoms with E-state index in [9.17, 15) is 9.50 Å². The SMILES string of the molecule is CCC(O)(c1cccc(F)c1)c1cccs1. The van der Waals surface area contributed by atoms with Crippen molar-refractivity contribution in [2.75, 3.05) is 0 Å². The van der Waals surface area contributed by atoms with Crippen molar-refractivity contribution in [1.29, 1.82) is 0 Å². The highest BCUT2D eigenvalue weighted by Crippen LogP contribution is 2.35. The fourth-order valence-electron chi connectivity index (χ4n) is 1.78. The van der Waals surface area contributed by atoms with Crippen molar-refractivity contribution in [3.63, 3.8) is 0 Å². The summed E-state index contributed by atoms with van der Waals surface area (Å²) in [6.45, 7) is 1.89. The Balaban J connectivity index is 2.50. The van der Waals surface area contributed by atoms with Crippen LogP contribution in [-0.2, 0) is 5.60 Å². The van der Waals surface area contributed by atoms with Crippen molar-refractivity contribution in [3.8, 4) is 0 Å². The van der Waals surface area contributed by atoms with Crippen molar-refractivity contribution in [3.05, 3.63) is 58.0 Å². The van der Waals surface area contributed by atoms with Crippen LogP contribution in [0.15, 0.2) is 41.8 Å². The Morgan fingerprint density at radius 3 is 2.69 bits per heavy atom. The van der Waals surface area contributed by atoms with Crippen molar-refractivity contribution in [1.82, 2.24) is 0 Å². The minimum Gasteiger partial charge on any atom is -0.380 e. The van der Waals surface area contributed by atoms with Gasteiger partial charge in [0.25, 0.3) is 0 Å². The van der Waals surface area contributed by atoms with Crippen LogP contribution >= 0.6 is 11.3 Å². The number of aliphatic hydroxyl groups is 1. The Morgan fingerprint density at radius 2 is 2.12 bits per heavy atom. The third kappa shape index (κ3) is 1.88. The van der Waals surface area contributed by atoms with E-state index in [2.05, 4.69) is 0 Å². The highest BCUT2D eigenvalue weighted by molar-refractivity contribution is 7.10. The molecule has 1 heterocycles. The van der Waals surface area contributed by atoms with E-state index < -0.39 is 5.60 Å². The van der Waals surface area contributed by atoms with Gasteiger partial charge in [-0.1, -0.05) is 25.1 Å². The molecular formula is C13H13FOS. The lowest BCUT2D eigenvalue weighted by atomic mass is 9.89. The summed E-state index contributed by atoms with van der Waals surface area (Å²) in [5.74, 6) is -0.319. The summed E-state index contributed by atoms with van der Waals surface area (Å²) in [4.78, 5) is 0.848. The smallest absolute Gasteiger partial charge is 0.124 e. The first kappa shape index (κ1) is 11.3. The number of thiophene rings is 1. The van der Waals surface area contributed by atoms with E-state index in [4.69, 9.17) is 0 Å². The molecule has 0 radical (unpaired) electrons. The molecule has 0 aliphatic heterocycles. The zero-order valence-electron chi connectivity index (χ0n) is 8.98. The van der Waals surface area contributed by atoms with E-state index in [1.807, 2.05) is 24.4 Å². The van der Waals surface area contributed by atoms with Gasteiger partial charge in [-0.2, -0.15) is 0 Å². The average Bonchev–Trinajstić information content (AvgIpc) is 2.82. The predicted octanol–water partition coefficient (Wildman–Crippen LogP) is 3.53. The number of benzene rings is 1. The molecule has 2 aromatic rings. The molecule has 1 aromatic heterocycles. The quantitative estimate of drug-likeness (QED) is 0.864. The molecule has 1 aromatic carbocycles. The van der Waals surface area contributed by atoms with Crippen LogP contribution < -0.4 is 0 Å². The maximum absolute atomic E-state index is 13.2. The Hall–Kier alpha value is -1.19. The van der Waals surface area contributed by atoms with Gasteiger partial charge >= 0.3 is 0 Å². The van der Waals surface area contributed by atoms with Crippen LogP contribution in [0.3, 0.4) is 0 Å². The van der Waals surface area contributed by atoms with Gasteiger partial charge in [0.05, 0.1) is 0 Å². The zero-order valence-corrected chi connectivity index (χ0v) is 9.80. The van der Waals surface area contributed by atoms with Gasteiger partial charge in [0, 0.05) is 4.88 Å². The summed E-state index contributed by atoms with van der Waals surface area (Å²) in [5.41, 5.74) is -0.464. The third-order valence-electron chi connectivity index (χ3n) is 2.74. The maximum atomic E-state index is 13.2. The lowest BCUT2D eigenvalue weighted by Crippen LogP contribution is -2.25. The summed E-state index contributed by atoms with van der Waals surface area (Å²) in [6.07, 6.45) is 0.525. The second kappa shape index (κ2) is 4.36. The summed E-state index contributed by atoms with van der Waals surface area (Å²) in [7, 11) is 0. The van der Waals surface area contributed by atoms with Crippen molar-refractivity contribution >= 4 is 11.3 Å². The standard InChI is InChI=1S/C13H13FOS/c1-2-13(15,12-7-4-8-16-12)10-5-3-6-11(14)9-10/h3-9,15H,2H2,1H3. The molecule has 0 saturated carbocycles. The van der Waals surface area contributed by atoms with Gasteiger partial charge in [-0.25, -0.2) is 4.39 Å². The van der Waals surface area contributed by atoms with E-state index in [0.29, 0.717) is 12.0 Å². The van der Waals surface area contributed by atoms with E-state index in [0.717, 1.165) is 4.88 Å². The Kier molecular flexibility index (Phi) is 3.08. The lowest BCUT2D eigenvalue weighted by molar-refractivity contribution is 0.0800. The number of rotatable bonds is 3. The molecule has 0 spiro atoms. The molecular weight excluding hydrogens is 223 g/mol. The van der Waals surface area contributed by atoms with Crippen molar-refractivity contribution < 1.29 is 9.50 Å². The Morgan fingerprint density at radius 1 is 1.31 bits per heavy atom. The molecule has 1 N–H and O–H groups in total. The normalized spacial score (nSPS) is 14.7. The Bertz CT molecular complexity index is 467. The maximum Gasteiger partial charge on any atom is 0.124 e. The van der Waals surface area contributed by atoms with E-state index in [1.165, 1.54) is 23.5 Å². The van der Waals surface area contributed by atoms with Crippen molar-refractivity contribution in [2.24, 2.45) is 0 Å². The van der Waals surface area contributed by atoms with Gasteiger partial charge in [0.1, 0.15) is 11.4 Å². The van der Waals surface area contributed by atoms with Crippen LogP contribution in [0.2, 0.25) is 0 Å². The second-order valence-electron chi connectivity index (χ2n) is 3.70. The third-order valence-corrected chi connectivity index (χ3v) is 3.76. The molecule has 1 unspecified atom stereocenters. The summed E-state index contributed by atoms with van der Waals surface area (Å²) in [6, 6.07) is 9.92. The molecule has 1 atom stereocenters. The van der Waals surface area contributed by atoms with Gasteiger partial charge in [-0.15, -0.1) is 11.3 Å². The average molecular weight is 236 g/mol. The van der Waals surface area contributed by atoms with Crippen LogP contribution in [-0.4, -0.2) is 5.11 Å². The molecule has 0 aliphatic carbocycles. The first-order valence-corrected chi connectivity index (χ1v) is 6.07. The molecule has 3 heteroatoms. The lowest BCUT2D eigenvalue weighted by Gasteiger charge is -2.26. The molecule has 16 heavy (non-hydrogen) atoms. The van der Waals surface area contributed by atoms with Gasteiger partial charge in [-0.05, 0) is 35.6 Å². The van der Waals surface area contributed by atoms with Gasteiger partial charge in [0.2, 0.25) is 0 Å². The minimum absolute atomic E-state index is 0.319. The molecule has 84 valence electrons. The molecule has 2 rings (SSSR count). The predicted molar refractivity (Wildman–Crippen MR) is 64.0 cm³/mol. The fraction of sp³-hybridized carbons (Fsp3) is 0.231. The highest BCUT2D eigenvalue weighted by Gasteiger charge is 2.30. The molecule has 0 aliphatic rings. The van der Waals surface area contributed by atoms with Gasteiger partial charge in [0.15, 0.2) is 0 Å². The second-order valence-corrected chi connectivity index (χ2v) is 4.65. The summed E-state index contributed by atoms with van der Waals surface area (Å²) < 4.78 is 13.2. The first-order chi connectivity index (χ1) is 7.66. The van der Waals surface area contributed by atoms with Crippen LogP contribution in [0, 0.1) is 5.82 Å². The molecule has 0 fully saturated rings. The van der Waals surface area contributed by atoms with Gasteiger partial charge < -0.3 is 5.11 Å². The van der Waals surface area contributed by atoms with Crippen LogP contribution in [0.5, 0.6) is 0 Å². The summed E-state index contributed by atoms with van der Waals surface area (Å²) >= 11 is 1.48. The topological polar surface area (TPSA) is 20.2 Å². The number of halogens is 1. The van der Waals surface area contributed by atoms with E-state index in [1.54, 1.807) is 12.1 Å².